The summed E-state index contributed by atoms with van der Waals surface area (Å²) in [7, 11) is 0. The average Bonchev–Trinajstić information content (AvgIpc) is 2.42. The molecular weight excluding hydrogens is 102 g/mol. The van der Waals surface area contributed by atoms with Crippen LogP contribution in [0.4, 0.5) is 0 Å². The van der Waals surface area contributed by atoms with E-state index in [2.05, 4.69) is 6.58 Å². The fourth-order valence-electron chi connectivity index (χ4n) is 0.802. The highest BCUT2D eigenvalue weighted by atomic mass is 16.1. The van der Waals surface area contributed by atoms with Crippen molar-refractivity contribution >= 4 is 5.91 Å². The molecule has 2 nitrogen and oxygen atoms in total. The van der Waals surface area contributed by atoms with Crippen molar-refractivity contribution in [3.05, 3.63) is 12.7 Å². The highest BCUT2D eigenvalue weighted by Gasteiger charge is 2.38. The monoisotopic (exact) mass is 111 g/mol. The van der Waals surface area contributed by atoms with Crippen LogP contribution >= 0.6 is 0 Å². The maximum absolute atomic E-state index is 10.3. The Balaban J connectivity index is 2.36. The minimum absolute atomic E-state index is 0.104. The van der Waals surface area contributed by atoms with Crippen LogP contribution in [-0.2, 0) is 4.79 Å². The molecule has 0 spiro atoms. The highest BCUT2D eigenvalue weighted by Crippen LogP contribution is 2.38. The SMILES string of the molecule is C=C[C@@H]1C[C@@H]1C(N)=O. The molecule has 0 saturated heterocycles. The van der Waals surface area contributed by atoms with Gasteiger partial charge in [-0.05, 0) is 12.3 Å². The second-order valence-electron chi connectivity index (χ2n) is 2.14. The third kappa shape index (κ3) is 0.735. The Morgan fingerprint density at radius 2 is 2.50 bits per heavy atom. The van der Waals surface area contributed by atoms with Crippen LogP contribution in [0.25, 0.3) is 0 Å². The van der Waals surface area contributed by atoms with Crippen LogP contribution in [0.2, 0.25) is 0 Å². The van der Waals surface area contributed by atoms with Crippen molar-refractivity contribution in [2.75, 3.05) is 0 Å². The number of nitrogens with two attached hydrogens (primary N) is 1. The summed E-state index contributed by atoms with van der Waals surface area (Å²) in [5.41, 5.74) is 4.98. The van der Waals surface area contributed by atoms with Gasteiger partial charge in [-0.1, -0.05) is 6.08 Å². The van der Waals surface area contributed by atoms with Crippen LogP contribution in [-0.4, -0.2) is 5.91 Å². The summed E-state index contributed by atoms with van der Waals surface area (Å²) >= 11 is 0. The van der Waals surface area contributed by atoms with Gasteiger partial charge in [0, 0.05) is 5.92 Å². The topological polar surface area (TPSA) is 43.1 Å². The van der Waals surface area contributed by atoms with Gasteiger partial charge in [-0.3, -0.25) is 4.79 Å². The molecule has 1 saturated carbocycles. The number of hydrogen-bond acceptors (Lipinski definition) is 1. The molecule has 2 N–H and O–H groups in total. The third-order valence-electron chi connectivity index (χ3n) is 1.51. The maximum Gasteiger partial charge on any atom is 0.221 e. The highest BCUT2D eigenvalue weighted by molar-refractivity contribution is 5.80. The van der Waals surface area contributed by atoms with Gasteiger partial charge >= 0.3 is 0 Å². The Morgan fingerprint density at radius 1 is 1.88 bits per heavy atom. The van der Waals surface area contributed by atoms with Gasteiger partial charge in [0.2, 0.25) is 5.91 Å². The molecular formula is C6H9NO. The zero-order valence-corrected chi connectivity index (χ0v) is 4.63. The Hall–Kier alpha value is -0.790. The van der Waals surface area contributed by atoms with E-state index in [4.69, 9.17) is 5.73 Å². The lowest BCUT2D eigenvalue weighted by Crippen LogP contribution is -2.13. The van der Waals surface area contributed by atoms with E-state index in [0.717, 1.165) is 6.42 Å². The van der Waals surface area contributed by atoms with Crippen LogP contribution in [0.15, 0.2) is 12.7 Å². The van der Waals surface area contributed by atoms with Gasteiger partial charge in [0.05, 0.1) is 0 Å². The smallest absolute Gasteiger partial charge is 0.221 e. The zero-order chi connectivity index (χ0) is 6.15. The lowest BCUT2D eigenvalue weighted by Gasteiger charge is -1.82. The van der Waals surface area contributed by atoms with Gasteiger partial charge < -0.3 is 5.73 Å². The summed E-state index contributed by atoms with van der Waals surface area (Å²) in [6.07, 6.45) is 2.70. The molecule has 0 aliphatic heterocycles. The van der Waals surface area contributed by atoms with Gasteiger partial charge in [0.25, 0.3) is 0 Å². The maximum atomic E-state index is 10.3. The lowest BCUT2D eigenvalue weighted by molar-refractivity contribution is -0.119. The van der Waals surface area contributed by atoms with E-state index >= 15 is 0 Å². The molecule has 0 unspecified atom stereocenters. The molecule has 0 aromatic heterocycles. The third-order valence-corrected chi connectivity index (χ3v) is 1.51. The van der Waals surface area contributed by atoms with E-state index in [-0.39, 0.29) is 11.8 Å². The number of carbonyl (C=O) groups excluding carboxylic acids is 1. The van der Waals surface area contributed by atoms with Crippen LogP contribution in [0.1, 0.15) is 6.42 Å². The van der Waals surface area contributed by atoms with Crippen molar-refractivity contribution in [3.8, 4) is 0 Å². The normalized spacial score (nSPS) is 34.0. The van der Waals surface area contributed by atoms with E-state index < -0.39 is 0 Å². The van der Waals surface area contributed by atoms with Crippen LogP contribution < -0.4 is 5.73 Å². The molecule has 0 aromatic carbocycles. The summed E-state index contributed by atoms with van der Waals surface area (Å²) < 4.78 is 0. The van der Waals surface area contributed by atoms with Crippen LogP contribution in [0.3, 0.4) is 0 Å². The van der Waals surface area contributed by atoms with E-state index in [0.29, 0.717) is 5.92 Å². The molecule has 2 atom stereocenters. The standard InChI is InChI=1S/C6H9NO/c1-2-4-3-5(4)6(7)8/h2,4-5H,1,3H2,(H2,7,8)/t4-,5+/m1/s1. The van der Waals surface area contributed by atoms with Crippen molar-refractivity contribution in [1.29, 1.82) is 0 Å². The first-order valence-electron chi connectivity index (χ1n) is 2.67. The molecule has 0 aromatic rings. The number of rotatable bonds is 2. The molecule has 1 amide bonds. The molecule has 1 rings (SSSR count). The van der Waals surface area contributed by atoms with Crippen molar-refractivity contribution < 1.29 is 4.79 Å². The fourth-order valence-corrected chi connectivity index (χ4v) is 0.802. The molecule has 0 radical (unpaired) electrons. The second kappa shape index (κ2) is 1.62. The van der Waals surface area contributed by atoms with E-state index in [1.165, 1.54) is 0 Å². The van der Waals surface area contributed by atoms with Gasteiger partial charge in [0.1, 0.15) is 0 Å². The van der Waals surface area contributed by atoms with E-state index in [1.54, 1.807) is 6.08 Å². The van der Waals surface area contributed by atoms with Gasteiger partial charge in [0.15, 0.2) is 0 Å². The molecule has 44 valence electrons. The largest absolute Gasteiger partial charge is 0.369 e. The zero-order valence-electron chi connectivity index (χ0n) is 4.63. The summed E-state index contributed by atoms with van der Waals surface area (Å²) in [6.45, 7) is 3.55. The molecule has 1 aliphatic rings. The number of amides is 1. The van der Waals surface area contributed by atoms with Gasteiger partial charge in [-0.15, -0.1) is 6.58 Å². The molecule has 2 heteroatoms. The van der Waals surface area contributed by atoms with Crippen molar-refractivity contribution in [3.63, 3.8) is 0 Å². The summed E-state index contributed by atoms with van der Waals surface area (Å²) in [5, 5.41) is 0. The molecule has 8 heavy (non-hydrogen) atoms. The van der Waals surface area contributed by atoms with Gasteiger partial charge in [-0.25, -0.2) is 0 Å². The Bertz CT molecular complexity index is 130. The first-order valence-corrected chi connectivity index (χ1v) is 2.67. The number of carbonyl (C=O) groups is 1. The molecule has 0 bridgehead atoms. The summed E-state index contributed by atoms with van der Waals surface area (Å²) in [5.74, 6) is 0.301. The Morgan fingerprint density at radius 3 is 2.62 bits per heavy atom. The van der Waals surface area contributed by atoms with Crippen molar-refractivity contribution in [2.24, 2.45) is 17.6 Å². The number of allylic oxidation sites excluding steroid dienone is 1. The van der Waals surface area contributed by atoms with E-state index in [1.807, 2.05) is 0 Å². The first-order chi connectivity index (χ1) is 3.75. The predicted octanol–water partition coefficient (Wildman–Crippen LogP) is 0.294. The molecule has 1 fully saturated rings. The fraction of sp³-hybridized carbons (Fsp3) is 0.500. The molecule has 0 heterocycles. The Labute approximate surface area is 48.4 Å². The average molecular weight is 111 g/mol. The summed E-state index contributed by atoms with van der Waals surface area (Å²) in [6, 6.07) is 0. The predicted molar refractivity (Wildman–Crippen MR) is 31.0 cm³/mol. The minimum atomic E-state index is -0.185. The quantitative estimate of drug-likeness (QED) is 0.511. The minimum Gasteiger partial charge on any atom is -0.369 e. The van der Waals surface area contributed by atoms with E-state index in [9.17, 15) is 4.79 Å². The van der Waals surface area contributed by atoms with Crippen molar-refractivity contribution in [2.45, 2.75) is 6.42 Å². The first kappa shape index (κ1) is 5.35. The van der Waals surface area contributed by atoms with Gasteiger partial charge in [-0.2, -0.15) is 0 Å². The summed E-state index contributed by atoms with van der Waals surface area (Å²) in [4.78, 5) is 10.3. The van der Waals surface area contributed by atoms with Crippen molar-refractivity contribution in [1.82, 2.24) is 0 Å². The lowest BCUT2D eigenvalue weighted by atomic mass is 10.3. The number of hydrogen-bond donors (Lipinski definition) is 1. The number of primary amides is 1. The Kier molecular flexibility index (Phi) is 1.08. The second-order valence-corrected chi connectivity index (χ2v) is 2.14. The van der Waals surface area contributed by atoms with Crippen LogP contribution in [0.5, 0.6) is 0 Å². The van der Waals surface area contributed by atoms with Crippen LogP contribution in [0, 0.1) is 11.8 Å². The molecule has 1 aliphatic carbocycles.